The molecule has 2 N–H and O–H groups in total. The first-order valence-corrected chi connectivity index (χ1v) is 25.6. The van der Waals surface area contributed by atoms with Crippen LogP contribution in [-0.4, -0.2) is 102 Å². The van der Waals surface area contributed by atoms with Crippen LogP contribution in [0.4, 0.5) is 11.4 Å². The molecular weight excluding hydrogens is 941 g/mol. The van der Waals surface area contributed by atoms with Crippen molar-refractivity contribution in [2.45, 2.75) is 93.3 Å². The van der Waals surface area contributed by atoms with E-state index in [0.29, 0.717) is 41.6 Å². The maximum Gasteiger partial charge on any atom is 0.333 e. The van der Waals surface area contributed by atoms with Crippen LogP contribution in [0.3, 0.4) is 0 Å². The maximum atomic E-state index is 13.8. The van der Waals surface area contributed by atoms with Gasteiger partial charge in [0.05, 0.1) is 28.1 Å². The summed E-state index contributed by atoms with van der Waals surface area (Å²) < 4.78 is 72.0. The highest BCUT2D eigenvalue weighted by Gasteiger charge is 2.45. The number of benzene rings is 2. The summed E-state index contributed by atoms with van der Waals surface area (Å²) in [6.45, 7) is 9.10. The molecule has 2 amide bonds. The molecule has 0 bridgehead atoms. The molecule has 23 heteroatoms. The van der Waals surface area contributed by atoms with Crippen LogP contribution in [0.2, 0.25) is 0 Å². The van der Waals surface area contributed by atoms with Gasteiger partial charge in [0.15, 0.2) is 5.71 Å². The predicted molar refractivity (Wildman–Crippen MR) is 243 cm³/mol. The zero-order valence-electron chi connectivity index (χ0n) is 37.1. The highest BCUT2D eigenvalue weighted by Crippen LogP contribution is 2.49. The Labute approximate surface area is 393 Å². The van der Waals surface area contributed by atoms with E-state index >= 15 is 0 Å². The molecule has 0 aromatic heterocycles. The number of hydrogen-bond acceptors (Lipinski definition) is 17. The van der Waals surface area contributed by atoms with Gasteiger partial charge in [0.1, 0.15) is 6.54 Å². The van der Waals surface area contributed by atoms with Crippen molar-refractivity contribution in [3.8, 4) is 0 Å². The third-order valence-corrected chi connectivity index (χ3v) is 15.2. The van der Waals surface area contributed by atoms with Gasteiger partial charge < -0.3 is 15.0 Å². The molecule has 3 heterocycles. The maximum absolute atomic E-state index is 13.8. The lowest BCUT2D eigenvalue weighted by Crippen LogP contribution is -2.32. The molecule has 1 fully saturated rings. The Morgan fingerprint density at radius 1 is 0.909 bits per heavy atom. The Morgan fingerprint density at radius 2 is 1.62 bits per heavy atom. The fourth-order valence-corrected chi connectivity index (χ4v) is 10.5. The van der Waals surface area contributed by atoms with E-state index in [9.17, 15) is 41.0 Å². The van der Waals surface area contributed by atoms with Crippen molar-refractivity contribution in [1.82, 2.24) is 9.37 Å². The molecule has 0 saturated carbocycles. The van der Waals surface area contributed by atoms with E-state index in [2.05, 4.69) is 42.1 Å². The smallest absolute Gasteiger partial charge is 0.333 e. The highest BCUT2D eigenvalue weighted by molar-refractivity contribution is 7.94. The van der Waals surface area contributed by atoms with Gasteiger partial charge in [-0.25, -0.2) is 22.8 Å². The second kappa shape index (κ2) is 23.2. The minimum atomic E-state index is -4.09. The van der Waals surface area contributed by atoms with Crippen LogP contribution < -0.4 is 10.2 Å². The highest BCUT2D eigenvalue weighted by atomic mass is 32.2. The van der Waals surface area contributed by atoms with Crippen LogP contribution in [0, 0.1) is 0 Å². The van der Waals surface area contributed by atoms with Crippen molar-refractivity contribution in [1.29, 1.82) is 0 Å². The number of hydrogen-bond donors (Lipinski definition) is 2. The number of anilines is 1. The summed E-state index contributed by atoms with van der Waals surface area (Å²) in [5, 5.41) is 26.7. The number of imide groups is 1. The number of hydroxylamine groups is 2. The van der Waals surface area contributed by atoms with E-state index in [0.717, 1.165) is 62.3 Å². The van der Waals surface area contributed by atoms with Gasteiger partial charge in [-0.15, -0.1) is 9.40 Å². The lowest BCUT2D eigenvalue weighted by atomic mass is 9.81. The Kier molecular flexibility index (Phi) is 18.5. The number of amides is 2. The van der Waals surface area contributed by atoms with E-state index in [-0.39, 0.29) is 49.3 Å². The monoisotopic (exact) mass is 994 g/mol. The number of sulfonamides is 1. The fraction of sp³-hybridized carbons (Fsp3) is 0.442. The Balaban J connectivity index is 1.32. The quantitative estimate of drug-likeness (QED) is 0.0175. The average Bonchev–Trinajstić information content (AvgIpc) is 3.77. The molecule has 0 atom stereocenters. The molecule has 19 nitrogen and oxygen atoms in total. The number of rotatable bonds is 25. The molecule has 5 rings (SSSR count). The van der Waals surface area contributed by atoms with Crippen LogP contribution in [-0.2, 0) is 68.9 Å². The molecule has 2 aromatic carbocycles. The standard InChI is InChI=1S/C43H54N4O15S4/c1-42(2)33-29-31(64-62-60-52)18-20-35(33)45(25-11-12-28-65(53,54)55)37(42)15-9-7-6-8-10-16-38-43(3,4)34-30-32(19-21-36(34)46(38)26-14-27-63-61-59-51)66(56,57)44(5)24-13-17-41(50)58-47-39(48)22-23-40(47)49/h6-10,15-16,18-21,29-30H,11-14,17,22-28H2,1-5H3,(H2-,51,52,53,54,55). The van der Waals surface area contributed by atoms with Gasteiger partial charge in [0.25, 0.3) is 21.9 Å². The lowest BCUT2D eigenvalue weighted by Gasteiger charge is -2.27. The number of carbonyl (C=O) groups excluding carboxylic acids is 3. The lowest BCUT2D eigenvalue weighted by molar-refractivity contribution is -0.777. The normalized spacial score (nSPS) is 17.8. The number of carbonyl (C=O) groups is 3. The molecule has 3 aliphatic rings. The Hall–Kier alpha value is -4.24. The molecule has 0 spiro atoms. The van der Waals surface area contributed by atoms with Gasteiger partial charge in [-0.05, 0) is 75.1 Å². The number of unbranched alkanes of at least 4 members (excludes halogenated alkanes) is 1. The van der Waals surface area contributed by atoms with Gasteiger partial charge in [-0.3, -0.25) is 19.2 Å². The van der Waals surface area contributed by atoms with Gasteiger partial charge >= 0.3 is 5.97 Å². The summed E-state index contributed by atoms with van der Waals surface area (Å²) in [4.78, 5) is 43.6. The zero-order valence-corrected chi connectivity index (χ0v) is 40.4. The van der Waals surface area contributed by atoms with Crippen LogP contribution in [0.1, 0.15) is 83.8 Å². The summed E-state index contributed by atoms with van der Waals surface area (Å²) >= 11 is 1.73. The first-order chi connectivity index (χ1) is 31.2. The van der Waals surface area contributed by atoms with Crippen molar-refractivity contribution >= 4 is 79.1 Å². The molecule has 360 valence electrons. The van der Waals surface area contributed by atoms with Crippen molar-refractivity contribution in [2.75, 3.05) is 43.1 Å². The number of fused-ring (bicyclic) bond motifs is 2. The summed E-state index contributed by atoms with van der Waals surface area (Å²) in [5.74, 6) is -1.91. The first kappa shape index (κ1) is 52.7. The summed E-state index contributed by atoms with van der Waals surface area (Å²) in [7, 11) is -6.70. The minimum absolute atomic E-state index is 0.0295. The Morgan fingerprint density at radius 3 is 2.32 bits per heavy atom. The van der Waals surface area contributed by atoms with Crippen molar-refractivity contribution in [2.24, 2.45) is 0 Å². The Bertz CT molecular complexity index is 2490. The van der Waals surface area contributed by atoms with Gasteiger partial charge in [0.2, 0.25) is 15.7 Å². The molecule has 0 aliphatic carbocycles. The van der Waals surface area contributed by atoms with Crippen molar-refractivity contribution in [3.05, 3.63) is 95.8 Å². The number of allylic oxidation sites excluding steroid dienone is 8. The van der Waals surface area contributed by atoms with Crippen LogP contribution in [0.15, 0.2) is 94.4 Å². The summed E-state index contributed by atoms with van der Waals surface area (Å²) in [5.41, 5.74) is 4.18. The first-order valence-electron chi connectivity index (χ1n) is 20.9. The second-order valence-corrected chi connectivity index (χ2v) is 21.7. The predicted octanol–water partition coefficient (Wildman–Crippen LogP) is 5.78. The van der Waals surface area contributed by atoms with E-state index in [1.807, 2.05) is 74.6 Å². The van der Waals surface area contributed by atoms with E-state index in [1.54, 1.807) is 12.1 Å². The molecule has 2 aromatic rings. The van der Waals surface area contributed by atoms with Gasteiger partial charge in [-0.1, -0.05) is 49.3 Å². The second-order valence-electron chi connectivity index (χ2n) is 16.5. The van der Waals surface area contributed by atoms with E-state index < -0.39 is 48.8 Å². The number of nitrogens with zero attached hydrogens (tertiary/aromatic N) is 4. The van der Waals surface area contributed by atoms with Crippen LogP contribution >= 0.6 is 24.1 Å². The van der Waals surface area contributed by atoms with Crippen molar-refractivity contribution < 1.29 is 74.4 Å². The molecule has 1 saturated heterocycles. The molecule has 0 radical (unpaired) electrons. The van der Waals surface area contributed by atoms with E-state index in [4.69, 9.17) is 10.1 Å². The van der Waals surface area contributed by atoms with Crippen LogP contribution in [0.5, 0.6) is 0 Å². The fourth-order valence-electron chi connectivity index (χ4n) is 7.98. The average molecular weight is 995 g/mol. The molecule has 0 unspecified atom stereocenters. The SMILES string of the molecule is CN(CCCC(=O)ON1C(=O)CCC1=O)S(=O)(=O)c1ccc2c(c1)C(C)(C)\C(=C/C=C/C=C/C=C/C1=[N+](CCCCS(=O)(=O)O)c3ccc(SOOO)cc3C1(C)C)N2CCCSOO[O-]. The zero-order chi connectivity index (χ0) is 48.3. The van der Waals surface area contributed by atoms with Crippen LogP contribution in [0.25, 0.3) is 0 Å². The van der Waals surface area contributed by atoms with Gasteiger partial charge in [0, 0.05) is 103 Å². The van der Waals surface area contributed by atoms with Gasteiger partial charge in [-0.2, -0.15) is 17.3 Å². The van der Waals surface area contributed by atoms with E-state index in [1.165, 1.54) is 13.1 Å². The molecule has 3 aliphatic heterocycles. The molecule has 66 heavy (non-hydrogen) atoms. The third kappa shape index (κ3) is 13.0. The molecular formula is C43H54N4O15S4. The minimum Gasteiger partial charge on any atom is -0.691 e. The third-order valence-electron chi connectivity index (χ3n) is 11.3. The van der Waals surface area contributed by atoms with Crippen molar-refractivity contribution in [3.63, 3.8) is 0 Å². The summed E-state index contributed by atoms with van der Waals surface area (Å²) in [6.07, 6.45) is 14.5. The largest absolute Gasteiger partial charge is 0.691 e. The topological polar surface area (TPSA) is 242 Å². The summed E-state index contributed by atoms with van der Waals surface area (Å²) in [6, 6.07) is 10.6.